The highest BCUT2D eigenvalue weighted by Gasteiger charge is 2.69. The molecule has 5 rings (SSSR count). The summed E-state index contributed by atoms with van der Waals surface area (Å²) < 4.78 is 0. The minimum atomic E-state index is -0.783. The van der Waals surface area contributed by atoms with Crippen LogP contribution in [0.2, 0.25) is 0 Å². The number of aliphatic hydroxyl groups excluding tert-OH is 1. The molecule has 0 aromatic rings. The number of carboxylic acids is 1. The van der Waals surface area contributed by atoms with Crippen molar-refractivity contribution in [2.24, 2.45) is 50.2 Å². The van der Waals surface area contributed by atoms with Gasteiger partial charge in [-0.05, 0) is 97.9 Å². The van der Waals surface area contributed by atoms with Crippen LogP contribution in [0.4, 0.5) is 0 Å². The van der Waals surface area contributed by atoms with Gasteiger partial charge in [0.25, 0.3) is 0 Å². The number of allylic oxidation sites excluding steroid dienone is 4. The number of hydrogen-bond donors (Lipinski definition) is 2. The van der Waals surface area contributed by atoms with Gasteiger partial charge in [0, 0.05) is 11.3 Å². The minimum Gasteiger partial charge on any atom is -0.511 e. The summed E-state index contributed by atoms with van der Waals surface area (Å²) in [6.07, 6.45) is 8.36. The molecule has 0 bridgehead atoms. The molecule has 0 aromatic carbocycles. The summed E-state index contributed by atoms with van der Waals surface area (Å²) in [6.45, 7) is 15.1. The first kappa shape index (κ1) is 25.6. The third-order valence-electron chi connectivity index (χ3n) is 12.8. The van der Waals surface area contributed by atoms with Gasteiger partial charge in [-0.25, -0.2) is 0 Å². The Morgan fingerprint density at radius 3 is 2.28 bits per heavy atom. The molecule has 5 aliphatic rings. The maximum absolute atomic E-state index is 14.3. The number of rotatable bonds is 1. The molecule has 0 aliphatic heterocycles. The van der Waals surface area contributed by atoms with Gasteiger partial charge < -0.3 is 10.2 Å². The Morgan fingerprint density at radius 1 is 1.03 bits per heavy atom. The van der Waals surface area contributed by atoms with Crippen molar-refractivity contribution in [1.29, 1.82) is 5.26 Å². The zero-order valence-corrected chi connectivity index (χ0v) is 23.1. The molecule has 3 fully saturated rings. The van der Waals surface area contributed by atoms with Gasteiger partial charge in [0.2, 0.25) is 0 Å². The van der Waals surface area contributed by atoms with Gasteiger partial charge in [0.15, 0.2) is 5.78 Å². The third-order valence-corrected chi connectivity index (χ3v) is 12.8. The Balaban J connectivity index is 1.66. The number of nitriles is 1. The van der Waals surface area contributed by atoms with Crippen LogP contribution in [0.25, 0.3) is 0 Å². The van der Waals surface area contributed by atoms with Crippen LogP contribution in [0.3, 0.4) is 0 Å². The molecule has 5 nitrogen and oxygen atoms in total. The first-order valence-corrected chi connectivity index (χ1v) is 13.8. The minimum absolute atomic E-state index is 0.00700. The summed E-state index contributed by atoms with van der Waals surface area (Å²) >= 11 is 0. The summed E-state index contributed by atoms with van der Waals surface area (Å²) in [6, 6.07) is 2.28. The van der Waals surface area contributed by atoms with Crippen LogP contribution >= 0.6 is 0 Å². The van der Waals surface area contributed by atoms with Crippen molar-refractivity contribution in [3.63, 3.8) is 0 Å². The molecule has 0 heterocycles. The van der Waals surface area contributed by atoms with Crippen molar-refractivity contribution in [2.45, 2.75) is 99.8 Å². The van der Waals surface area contributed by atoms with E-state index in [0.29, 0.717) is 24.8 Å². The van der Waals surface area contributed by atoms with E-state index in [2.05, 4.69) is 33.8 Å². The molecule has 196 valence electrons. The molecular weight excluding hydrogens is 450 g/mol. The van der Waals surface area contributed by atoms with Gasteiger partial charge in [0.05, 0.1) is 17.1 Å². The lowest BCUT2D eigenvalue weighted by molar-refractivity contribution is -0.179. The Labute approximate surface area is 216 Å². The van der Waals surface area contributed by atoms with Crippen LogP contribution in [0.5, 0.6) is 0 Å². The zero-order valence-electron chi connectivity index (χ0n) is 23.1. The molecule has 5 aliphatic carbocycles. The van der Waals surface area contributed by atoms with Crippen molar-refractivity contribution in [2.75, 3.05) is 0 Å². The van der Waals surface area contributed by atoms with Crippen molar-refractivity contribution >= 4 is 11.8 Å². The molecule has 0 saturated heterocycles. The lowest BCUT2D eigenvalue weighted by Crippen LogP contribution is -2.64. The van der Waals surface area contributed by atoms with Crippen LogP contribution < -0.4 is 0 Å². The van der Waals surface area contributed by atoms with Gasteiger partial charge >= 0.3 is 5.97 Å². The van der Waals surface area contributed by atoms with Gasteiger partial charge in [-0.2, -0.15) is 5.26 Å². The van der Waals surface area contributed by atoms with Crippen LogP contribution in [-0.4, -0.2) is 22.0 Å². The lowest BCUT2D eigenvalue weighted by Gasteiger charge is -2.69. The summed E-state index contributed by atoms with van der Waals surface area (Å²) in [5, 5.41) is 30.9. The molecular formula is C31H43NO4. The van der Waals surface area contributed by atoms with E-state index in [4.69, 9.17) is 0 Å². The molecule has 36 heavy (non-hydrogen) atoms. The number of carboxylic acid groups (broad SMARTS) is 1. The second kappa shape index (κ2) is 7.27. The standard InChI is InChI=1S/C31H43NO4/c1-26(2)21-8-9-30(6)22(29(21,5)15-18(17-32)24(26)34)14-20(33)23-19-16-28(4,25(35)36)11-10-27(19,3)12-13-31(23,30)7/h14,19,21,23,34H,8-13,15-16H2,1-7H3,(H,35,36)/t19-,21?,23-,27?,28-,29-,30?,31+/m0/s1. The number of aliphatic hydroxyl groups is 1. The highest BCUT2D eigenvalue weighted by atomic mass is 16.4. The predicted molar refractivity (Wildman–Crippen MR) is 138 cm³/mol. The lowest BCUT2D eigenvalue weighted by atomic mass is 9.34. The normalized spacial score (nSPS) is 49.6. The molecule has 0 spiro atoms. The topological polar surface area (TPSA) is 98.4 Å². The summed E-state index contributed by atoms with van der Waals surface area (Å²) in [4.78, 5) is 26.5. The Morgan fingerprint density at radius 2 is 1.67 bits per heavy atom. The second-order valence-corrected chi connectivity index (χ2v) is 14.9. The van der Waals surface area contributed by atoms with E-state index in [1.54, 1.807) is 0 Å². The highest BCUT2D eigenvalue weighted by Crippen LogP contribution is 2.75. The quantitative estimate of drug-likeness (QED) is 0.410. The summed E-state index contributed by atoms with van der Waals surface area (Å²) in [7, 11) is 0. The average molecular weight is 494 g/mol. The fraction of sp³-hybridized carbons (Fsp3) is 0.774. The van der Waals surface area contributed by atoms with Crippen molar-refractivity contribution in [3.8, 4) is 6.07 Å². The van der Waals surface area contributed by atoms with E-state index in [1.165, 1.54) is 5.57 Å². The van der Waals surface area contributed by atoms with Gasteiger partial charge in [-0.3, -0.25) is 9.59 Å². The van der Waals surface area contributed by atoms with Crippen molar-refractivity contribution in [1.82, 2.24) is 0 Å². The SMILES string of the molecule is CC1(C)C(O)=C(C#N)C[C@]2(C)C3=CC(=O)[C@@H]4[C@@H]5C[C@@](C)(C(=O)O)CCC5(C)CC[C@@]4(C)C3(C)CCC12. The van der Waals surface area contributed by atoms with Gasteiger partial charge in [0.1, 0.15) is 5.76 Å². The van der Waals surface area contributed by atoms with E-state index >= 15 is 0 Å². The van der Waals surface area contributed by atoms with E-state index in [-0.39, 0.29) is 51.0 Å². The number of carbonyl (C=O) groups is 2. The summed E-state index contributed by atoms with van der Waals surface area (Å²) in [5.74, 6) is -0.344. The van der Waals surface area contributed by atoms with E-state index in [0.717, 1.165) is 32.1 Å². The van der Waals surface area contributed by atoms with E-state index in [1.807, 2.05) is 26.8 Å². The number of hydrogen-bond acceptors (Lipinski definition) is 4. The largest absolute Gasteiger partial charge is 0.511 e. The number of aliphatic carboxylic acids is 1. The number of ketones is 1. The molecule has 2 N–H and O–H groups in total. The maximum atomic E-state index is 14.3. The van der Waals surface area contributed by atoms with Crippen molar-refractivity contribution in [3.05, 3.63) is 23.0 Å². The molecule has 0 amide bonds. The highest BCUT2D eigenvalue weighted by molar-refractivity contribution is 5.95. The molecule has 0 aromatic heterocycles. The van der Waals surface area contributed by atoms with E-state index < -0.39 is 16.8 Å². The van der Waals surface area contributed by atoms with Crippen LogP contribution in [0.15, 0.2) is 23.0 Å². The third kappa shape index (κ3) is 2.88. The summed E-state index contributed by atoms with van der Waals surface area (Å²) in [5.41, 5.74) is -0.545. The number of carbonyl (C=O) groups excluding carboxylic acids is 1. The fourth-order valence-electron chi connectivity index (χ4n) is 10.2. The number of nitrogens with zero attached hydrogens (tertiary/aromatic N) is 1. The maximum Gasteiger partial charge on any atom is 0.309 e. The molecule has 8 atom stereocenters. The van der Waals surface area contributed by atoms with Crippen LogP contribution in [0, 0.1) is 61.6 Å². The first-order chi connectivity index (χ1) is 16.5. The second-order valence-electron chi connectivity index (χ2n) is 14.9. The smallest absolute Gasteiger partial charge is 0.309 e. The molecule has 5 heteroatoms. The zero-order chi connectivity index (χ0) is 26.7. The van der Waals surface area contributed by atoms with Gasteiger partial charge in [-0.1, -0.05) is 47.1 Å². The average Bonchev–Trinajstić information content (AvgIpc) is 2.79. The molecule has 0 radical (unpaired) electrons. The first-order valence-electron chi connectivity index (χ1n) is 13.8. The fourth-order valence-corrected chi connectivity index (χ4v) is 10.2. The Kier molecular flexibility index (Phi) is 5.16. The van der Waals surface area contributed by atoms with E-state index in [9.17, 15) is 25.1 Å². The van der Waals surface area contributed by atoms with Gasteiger partial charge in [-0.15, -0.1) is 0 Å². The van der Waals surface area contributed by atoms with Crippen LogP contribution in [0.1, 0.15) is 99.8 Å². The predicted octanol–water partition coefficient (Wildman–Crippen LogP) is 7.00. The molecule has 3 unspecified atom stereocenters. The Bertz CT molecular complexity index is 1160. The van der Waals surface area contributed by atoms with Crippen molar-refractivity contribution < 1.29 is 19.8 Å². The van der Waals surface area contributed by atoms with Crippen LogP contribution in [-0.2, 0) is 9.59 Å². The number of fused-ring (bicyclic) bond motifs is 7. The Hall–Kier alpha value is -2.09. The molecule has 3 saturated carbocycles. The monoisotopic (exact) mass is 493 g/mol.